The van der Waals surface area contributed by atoms with E-state index in [1.807, 2.05) is 0 Å². The standard InChI is InChI=1S/C14H25N/c1-13(14-8-4-2-5-9-14)12-15-10-6-3-7-11-15/h2,4,13-14H,3,5-12H2,1H3. The van der Waals surface area contributed by atoms with Crippen LogP contribution in [-0.4, -0.2) is 24.5 Å². The zero-order chi connectivity index (χ0) is 10.5. The third-order valence-corrected chi connectivity index (χ3v) is 4.11. The van der Waals surface area contributed by atoms with Crippen LogP contribution in [0, 0.1) is 11.8 Å². The van der Waals surface area contributed by atoms with Gasteiger partial charge in [0.05, 0.1) is 0 Å². The van der Waals surface area contributed by atoms with Gasteiger partial charge in [0.25, 0.3) is 0 Å². The largest absolute Gasteiger partial charge is 0.303 e. The van der Waals surface area contributed by atoms with Crippen LogP contribution in [0.2, 0.25) is 0 Å². The Hall–Kier alpha value is -0.300. The predicted octanol–water partition coefficient (Wildman–Crippen LogP) is 3.46. The van der Waals surface area contributed by atoms with Gasteiger partial charge in [-0.15, -0.1) is 0 Å². The second-order valence-electron chi connectivity index (χ2n) is 5.38. The Bertz CT molecular complexity index is 203. The molecule has 1 saturated heterocycles. The molecule has 1 aliphatic carbocycles. The van der Waals surface area contributed by atoms with Gasteiger partial charge >= 0.3 is 0 Å². The summed E-state index contributed by atoms with van der Waals surface area (Å²) in [6, 6.07) is 0. The molecule has 0 aromatic heterocycles. The van der Waals surface area contributed by atoms with Gasteiger partial charge in [0.15, 0.2) is 0 Å². The lowest BCUT2D eigenvalue weighted by atomic mass is 9.83. The predicted molar refractivity (Wildman–Crippen MR) is 65.9 cm³/mol. The smallest absolute Gasteiger partial charge is 0.000978 e. The maximum atomic E-state index is 2.69. The minimum Gasteiger partial charge on any atom is -0.303 e. The Morgan fingerprint density at radius 1 is 1.20 bits per heavy atom. The molecular formula is C14H25N. The molecule has 1 fully saturated rings. The van der Waals surface area contributed by atoms with E-state index in [9.17, 15) is 0 Å². The lowest BCUT2D eigenvalue weighted by Crippen LogP contribution is -2.35. The van der Waals surface area contributed by atoms with E-state index in [1.54, 1.807) is 0 Å². The quantitative estimate of drug-likeness (QED) is 0.641. The molecule has 2 unspecified atom stereocenters. The van der Waals surface area contributed by atoms with E-state index >= 15 is 0 Å². The van der Waals surface area contributed by atoms with Crippen LogP contribution in [-0.2, 0) is 0 Å². The summed E-state index contributed by atoms with van der Waals surface area (Å²) in [5.41, 5.74) is 0. The van der Waals surface area contributed by atoms with Crippen molar-refractivity contribution in [2.75, 3.05) is 19.6 Å². The first-order chi connectivity index (χ1) is 7.36. The molecule has 2 rings (SSSR count). The van der Waals surface area contributed by atoms with Gasteiger partial charge in [0.1, 0.15) is 0 Å². The molecule has 1 nitrogen and oxygen atoms in total. The van der Waals surface area contributed by atoms with Gasteiger partial charge in [-0.1, -0.05) is 25.5 Å². The average molecular weight is 207 g/mol. The first-order valence-corrected chi connectivity index (χ1v) is 6.73. The van der Waals surface area contributed by atoms with Crippen molar-refractivity contribution in [3.63, 3.8) is 0 Å². The first-order valence-electron chi connectivity index (χ1n) is 6.73. The SMILES string of the molecule is CC(CN1CCCCC1)C1CC=CCC1. The van der Waals surface area contributed by atoms with Gasteiger partial charge < -0.3 is 4.90 Å². The second kappa shape index (κ2) is 5.69. The summed E-state index contributed by atoms with van der Waals surface area (Å²) in [7, 11) is 0. The molecule has 1 heterocycles. The summed E-state index contributed by atoms with van der Waals surface area (Å²) in [6.07, 6.45) is 13.1. The highest BCUT2D eigenvalue weighted by atomic mass is 15.1. The maximum Gasteiger partial charge on any atom is 0.000978 e. The van der Waals surface area contributed by atoms with E-state index in [1.165, 1.54) is 58.2 Å². The molecule has 0 aromatic rings. The van der Waals surface area contributed by atoms with Gasteiger partial charge in [-0.3, -0.25) is 0 Å². The molecule has 1 heteroatoms. The van der Waals surface area contributed by atoms with Crippen molar-refractivity contribution in [2.45, 2.75) is 45.4 Å². The van der Waals surface area contributed by atoms with Crippen molar-refractivity contribution in [3.8, 4) is 0 Å². The van der Waals surface area contributed by atoms with Crippen molar-refractivity contribution in [1.82, 2.24) is 4.90 Å². The number of hydrogen-bond donors (Lipinski definition) is 0. The Morgan fingerprint density at radius 3 is 2.67 bits per heavy atom. The number of hydrogen-bond acceptors (Lipinski definition) is 1. The highest BCUT2D eigenvalue weighted by molar-refractivity contribution is 4.91. The van der Waals surface area contributed by atoms with Crippen LogP contribution in [0.4, 0.5) is 0 Å². The molecule has 0 spiro atoms. The zero-order valence-electron chi connectivity index (χ0n) is 10.1. The van der Waals surface area contributed by atoms with Crippen molar-refractivity contribution in [2.24, 2.45) is 11.8 Å². The number of rotatable bonds is 3. The molecule has 2 atom stereocenters. The molecule has 15 heavy (non-hydrogen) atoms. The van der Waals surface area contributed by atoms with E-state index in [4.69, 9.17) is 0 Å². The van der Waals surface area contributed by atoms with Crippen LogP contribution in [0.5, 0.6) is 0 Å². The van der Waals surface area contributed by atoms with Crippen molar-refractivity contribution >= 4 is 0 Å². The second-order valence-corrected chi connectivity index (χ2v) is 5.38. The fourth-order valence-electron chi connectivity index (χ4n) is 3.03. The summed E-state index contributed by atoms with van der Waals surface area (Å²) in [6.45, 7) is 6.51. The van der Waals surface area contributed by atoms with E-state index in [2.05, 4.69) is 24.0 Å². The zero-order valence-corrected chi connectivity index (χ0v) is 10.1. The van der Waals surface area contributed by atoms with E-state index in [0.29, 0.717) is 0 Å². The average Bonchev–Trinajstić information content (AvgIpc) is 2.31. The minimum atomic E-state index is 0.896. The van der Waals surface area contributed by atoms with E-state index in [-0.39, 0.29) is 0 Å². The molecule has 0 aromatic carbocycles. The van der Waals surface area contributed by atoms with Gasteiger partial charge in [-0.25, -0.2) is 0 Å². The fourth-order valence-corrected chi connectivity index (χ4v) is 3.03. The Kier molecular flexibility index (Phi) is 4.25. The number of allylic oxidation sites excluding steroid dienone is 2. The van der Waals surface area contributed by atoms with Crippen molar-refractivity contribution < 1.29 is 0 Å². The van der Waals surface area contributed by atoms with Gasteiger partial charge in [0, 0.05) is 6.54 Å². The summed E-state index contributed by atoms with van der Waals surface area (Å²) in [5, 5.41) is 0. The Morgan fingerprint density at radius 2 is 2.00 bits per heavy atom. The molecule has 0 N–H and O–H groups in total. The molecule has 0 amide bonds. The summed E-state index contributed by atoms with van der Waals surface area (Å²) < 4.78 is 0. The molecule has 2 aliphatic rings. The van der Waals surface area contributed by atoms with Gasteiger partial charge in [-0.2, -0.15) is 0 Å². The van der Waals surface area contributed by atoms with Crippen LogP contribution in [0.25, 0.3) is 0 Å². The van der Waals surface area contributed by atoms with E-state index in [0.717, 1.165) is 11.8 Å². The van der Waals surface area contributed by atoms with Gasteiger partial charge in [-0.05, 0) is 57.0 Å². The molecule has 0 radical (unpaired) electrons. The minimum absolute atomic E-state index is 0.896. The number of likely N-dealkylation sites (tertiary alicyclic amines) is 1. The monoisotopic (exact) mass is 207 g/mol. The molecule has 1 aliphatic heterocycles. The van der Waals surface area contributed by atoms with Crippen LogP contribution in [0.15, 0.2) is 12.2 Å². The summed E-state index contributed by atoms with van der Waals surface area (Å²) >= 11 is 0. The highest BCUT2D eigenvalue weighted by Crippen LogP contribution is 2.27. The topological polar surface area (TPSA) is 3.24 Å². The first kappa shape index (κ1) is 11.2. The number of nitrogens with zero attached hydrogens (tertiary/aromatic N) is 1. The molecule has 0 saturated carbocycles. The van der Waals surface area contributed by atoms with Crippen LogP contribution in [0.3, 0.4) is 0 Å². The number of piperidine rings is 1. The molecule has 0 bridgehead atoms. The third kappa shape index (κ3) is 3.34. The normalized spacial score (nSPS) is 30.3. The van der Waals surface area contributed by atoms with Gasteiger partial charge in [0.2, 0.25) is 0 Å². The summed E-state index contributed by atoms with van der Waals surface area (Å²) in [4.78, 5) is 2.69. The summed E-state index contributed by atoms with van der Waals surface area (Å²) in [5.74, 6) is 1.85. The molecular weight excluding hydrogens is 182 g/mol. The van der Waals surface area contributed by atoms with Crippen molar-refractivity contribution in [1.29, 1.82) is 0 Å². The van der Waals surface area contributed by atoms with Crippen LogP contribution >= 0.6 is 0 Å². The lowest BCUT2D eigenvalue weighted by molar-refractivity contribution is 0.168. The van der Waals surface area contributed by atoms with Crippen LogP contribution < -0.4 is 0 Å². The van der Waals surface area contributed by atoms with Crippen LogP contribution in [0.1, 0.15) is 45.4 Å². The van der Waals surface area contributed by atoms with E-state index < -0.39 is 0 Å². The maximum absolute atomic E-state index is 2.69. The molecule has 86 valence electrons. The van der Waals surface area contributed by atoms with Crippen molar-refractivity contribution in [3.05, 3.63) is 12.2 Å². The Labute approximate surface area is 94.5 Å². The highest BCUT2D eigenvalue weighted by Gasteiger charge is 2.20. The third-order valence-electron chi connectivity index (χ3n) is 4.11. The lowest BCUT2D eigenvalue weighted by Gasteiger charge is -2.33. The fraction of sp³-hybridized carbons (Fsp3) is 0.857. The Balaban J connectivity index is 1.74.